The minimum Gasteiger partial charge on any atom is -0.461 e. The lowest BCUT2D eigenvalue weighted by atomic mass is 10.1. The molecule has 0 spiro atoms. The molecule has 1 aliphatic rings. The topological polar surface area (TPSA) is 44.8 Å². The Labute approximate surface area is 120 Å². The van der Waals surface area contributed by atoms with Crippen molar-refractivity contribution < 1.29 is 49.7 Å². The molecule has 0 aliphatic carbocycles. The van der Waals surface area contributed by atoms with Crippen LogP contribution in [0, 0.1) is 0 Å². The maximum atomic E-state index is 12.9. The van der Waals surface area contributed by atoms with Gasteiger partial charge in [-0.1, -0.05) is 0 Å². The van der Waals surface area contributed by atoms with Crippen LogP contribution in [0.2, 0.25) is 0 Å². The van der Waals surface area contributed by atoms with E-state index in [1.165, 1.54) is 0 Å². The van der Waals surface area contributed by atoms with Gasteiger partial charge in [0.05, 0.1) is 19.3 Å². The molecular weight excluding hydrogens is 329 g/mol. The predicted molar refractivity (Wildman–Crippen MR) is 56.4 cm³/mol. The van der Waals surface area contributed by atoms with Crippen molar-refractivity contribution in [3.63, 3.8) is 0 Å². The van der Waals surface area contributed by atoms with Crippen LogP contribution in [0.5, 0.6) is 0 Å². The quantitative estimate of drug-likeness (QED) is 0.569. The monoisotopic (exact) mass is 342 g/mol. The number of carbonyl (C=O) groups is 1. The molecule has 1 saturated heterocycles. The molecule has 130 valence electrons. The molecule has 1 heterocycles. The number of hydrogen-bond acceptors (Lipinski definition) is 4. The third kappa shape index (κ3) is 3.80. The lowest BCUT2D eigenvalue weighted by molar-refractivity contribution is -0.348. The van der Waals surface area contributed by atoms with Crippen LogP contribution >= 0.6 is 0 Å². The Hall–Kier alpha value is -1.10. The van der Waals surface area contributed by atoms with Crippen LogP contribution in [0.3, 0.4) is 0 Å². The fourth-order valence-electron chi connectivity index (χ4n) is 1.59. The first kappa shape index (κ1) is 18.9. The zero-order valence-corrected chi connectivity index (χ0v) is 11.5. The van der Waals surface area contributed by atoms with Gasteiger partial charge in [-0.2, -0.15) is 30.7 Å². The van der Waals surface area contributed by atoms with Gasteiger partial charge >= 0.3 is 24.0 Å². The van der Waals surface area contributed by atoms with Crippen molar-refractivity contribution in [3.8, 4) is 0 Å². The Balaban J connectivity index is 2.55. The molecule has 0 aromatic carbocycles. The molecule has 0 N–H and O–H groups in total. The summed E-state index contributed by atoms with van der Waals surface area (Å²) >= 11 is 0. The molecule has 0 amide bonds. The number of carbonyl (C=O) groups excluding carboxylic acids is 1. The molecule has 0 bridgehead atoms. The summed E-state index contributed by atoms with van der Waals surface area (Å²) < 4.78 is 101. The number of esters is 1. The normalized spacial score (nSPS) is 22.7. The van der Waals surface area contributed by atoms with Crippen molar-refractivity contribution in [2.75, 3.05) is 13.2 Å². The van der Waals surface area contributed by atoms with Gasteiger partial charge in [-0.05, 0) is 13.8 Å². The van der Waals surface area contributed by atoms with Gasteiger partial charge in [0, 0.05) is 6.42 Å². The van der Waals surface area contributed by atoms with E-state index >= 15 is 0 Å². The van der Waals surface area contributed by atoms with E-state index in [1.807, 2.05) is 0 Å². The average molecular weight is 342 g/mol. The van der Waals surface area contributed by atoms with Gasteiger partial charge in [0.25, 0.3) is 0 Å². The molecule has 1 rings (SSSR count). The van der Waals surface area contributed by atoms with Gasteiger partial charge in [0.2, 0.25) is 0 Å². The standard InChI is InChI=1S/C11H13F7O4/c1-8(2)21-5-6(22-8)3-4-20-7(19)9(12,13)10(14,15)11(16,17)18/h6H,3-5H2,1-2H3. The van der Waals surface area contributed by atoms with Crippen molar-refractivity contribution in [3.05, 3.63) is 0 Å². The molecular formula is C11H13F7O4. The van der Waals surface area contributed by atoms with Gasteiger partial charge in [-0.15, -0.1) is 0 Å². The van der Waals surface area contributed by atoms with Gasteiger partial charge in [0.1, 0.15) is 0 Å². The summed E-state index contributed by atoms with van der Waals surface area (Å²) in [5.41, 5.74) is 0. The van der Waals surface area contributed by atoms with Gasteiger partial charge in [-0.3, -0.25) is 0 Å². The van der Waals surface area contributed by atoms with Crippen LogP contribution < -0.4 is 0 Å². The summed E-state index contributed by atoms with van der Waals surface area (Å²) in [5.74, 6) is -16.4. The summed E-state index contributed by atoms with van der Waals surface area (Å²) in [6.07, 6.45) is -7.43. The first-order valence-corrected chi connectivity index (χ1v) is 6.02. The number of ether oxygens (including phenoxy) is 3. The van der Waals surface area contributed by atoms with E-state index in [4.69, 9.17) is 9.47 Å². The average Bonchev–Trinajstić information content (AvgIpc) is 2.67. The Kier molecular flexibility index (Phi) is 5.03. The molecule has 4 nitrogen and oxygen atoms in total. The Morgan fingerprint density at radius 1 is 1.18 bits per heavy atom. The van der Waals surface area contributed by atoms with Gasteiger partial charge < -0.3 is 14.2 Å². The highest BCUT2D eigenvalue weighted by Crippen LogP contribution is 2.47. The smallest absolute Gasteiger partial charge is 0.460 e. The molecule has 1 unspecified atom stereocenters. The van der Waals surface area contributed by atoms with E-state index < -0.39 is 42.5 Å². The second-order valence-electron chi connectivity index (χ2n) is 5.02. The van der Waals surface area contributed by atoms with Gasteiger partial charge in [0.15, 0.2) is 5.79 Å². The third-order valence-electron chi connectivity index (χ3n) is 2.75. The second-order valence-corrected chi connectivity index (χ2v) is 5.02. The highest BCUT2D eigenvalue weighted by atomic mass is 19.4. The van der Waals surface area contributed by atoms with Crippen LogP contribution in [0.1, 0.15) is 20.3 Å². The minimum atomic E-state index is -6.58. The maximum Gasteiger partial charge on any atom is 0.460 e. The van der Waals surface area contributed by atoms with Gasteiger partial charge in [-0.25, -0.2) is 4.79 Å². The van der Waals surface area contributed by atoms with E-state index in [-0.39, 0.29) is 13.0 Å². The van der Waals surface area contributed by atoms with Crippen molar-refractivity contribution in [2.45, 2.75) is 50.2 Å². The van der Waals surface area contributed by atoms with Crippen molar-refractivity contribution in [1.29, 1.82) is 0 Å². The van der Waals surface area contributed by atoms with Crippen LogP contribution in [0.4, 0.5) is 30.7 Å². The molecule has 0 saturated carbocycles. The number of halogens is 7. The first-order chi connectivity index (χ1) is 9.71. The Bertz CT molecular complexity index is 419. The lowest BCUT2D eigenvalue weighted by Gasteiger charge is -2.26. The van der Waals surface area contributed by atoms with E-state index in [0.717, 1.165) is 0 Å². The van der Waals surface area contributed by atoms with Crippen LogP contribution in [-0.4, -0.2) is 49.1 Å². The summed E-state index contributed by atoms with van der Waals surface area (Å²) in [6, 6.07) is 0. The highest BCUT2D eigenvalue weighted by Gasteiger charge is 2.77. The van der Waals surface area contributed by atoms with Crippen LogP contribution in [0.15, 0.2) is 0 Å². The molecule has 1 fully saturated rings. The maximum absolute atomic E-state index is 12.9. The molecule has 22 heavy (non-hydrogen) atoms. The highest BCUT2D eigenvalue weighted by molar-refractivity contribution is 5.79. The molecule has 11 heteroatoms. The third-order valence-corrected chi connectivity index (χ3v) is 2.75. The SMILES string of the molecule is CC1(C)OCC(CCOC(=O)C(F)(F)C(F)(F)C(F)(F)F)O1. The van der Waals surface area contributed by atoms with Crippen molar-refractivity contribution >= 4 is 5.97 Å². The second kappa shape index (κ2) is 5.84. The van der Waals surface area contributed by atoms with E-state index in [1.54, 1.807) is 13.8 Å². The summed E-state index contributed by atoms with van der Waals surface area (Å²) in [6.45, 7) is 2.33. The van der Waals surface area contributed by atoms with Crippen molar-refractivity contribution in [1.82, 2.24) is 0 Å². The summed E-state index contributed by atoms with van der Waals surface area (Å²) in [4.78, 5) is 10.8. The van der Waals surface area contributed by atoms with Crippen LogP contribution in [-0.2, 0) is 19.0 Å². The Morgan fingerprint density at radius 3 is 2.14 bits per heavy atom. The van der Waals surface area contributed by atoms with Crippen molar-refractivity contribution in [2.24, 2.45) is 0 Å². The first-order valence-electron chi connectivity index (χ1n) is 6.02. The van der Waals surface area contributed by atoms with E-state index in [2.05, 4.69) is 4.74 Å². The number of rotatable bonds is 5. The fourth-order valence-corrected chi connectivity index (χ4v) is 1.59. The number of hydrogen-bond donors (Lipinski definition) is 0. The molecule has 0 radical (unpaired) electrons. The fraction of sp³-hybridized carbons (Fsp3) is 0.909. The zero-order valence-electron chi connectivity index (χ0n) is 11.5. The lowest BCUT2D eigenvalue weighted by Crippen LogP contribution is -2.56. The zero-order chi connectivity index (χ0) is 17.4. The van der Waals surface area contributed by atoms with E-state index in [0.29, 0.717) is 0 Å². The predicted octanol–water partition coefficient (Wildman–Crippen LogP) is 2.90. The summed E-state index contributed by atoms with van der Waals surface area (Å²) in [7, 11) is 0. The molecule has 1 aliphatic heterocycles. The number of alkyl halides is 7. The summed E-state index contributed by atoms with van der Waals surface area (Å²) in [5, 5.41) is 0. The van der Waals surface area contributed by atoms with E-state index in [9.17, 15) is 35.5 Å². The molecule has 1 atom stereocenters. The minimum absolute atomic E-state index is 0.0413. The Morgan fingerprint density at radius 2 is 1.73 bits per heavy atom. The van der Waals surface area contributed by atoms with Crippen LogP contribution in [0.25, 0.3) is 0 Å². The molecule has 0 aromatic heterocycles. The largest absolute Gasteiger partial charge is 0.461 e. The molecule has 0 aromatic rings.